The molecule has 0 aromatic heterocycles. The Morgan fingerprint density at radius 2 is 1.95 bits per heavy atom. The molecule has 0 fully saturated rings. The van der Waals surface area contributed by atoms with Crippen molar-refractivity contribution in [3.8, 4) is 0 Å². The highest BCUT2D eigenvalue weighted by atomic mass is 79.9. The van der Waals surface area contributed by atoms with E-state index in [2.05, 4.69) is 25.4 Å². The van der Waals surface area contributed by atoms with Crippen LogP contribution in [0, 0.1) is 0 Å². The van der Waals surface area contributed by atoms with E-state index in [1.165, 1.54) is 38.3 Å². The topological polar surface area (TPSA) is 72.8 Å². The molecule has 0 saturated heterocycles. The van der Waals surface area contributed by atoms with Crippen molar-refractivity contribution < 1.29 is 28.6 Å². The molecule has 0 amide bonds. The van der Waals surface area contributed by atoms with Gasteiger partial charge >= 0.3 is 11.9 Å². The van der Waals surface area contributed by atoms with E-state index in [4.69, 9.17) is 0 Å². The van der Waals surface area contributed by atoms with Gasteiger partial charge in [0.25, 0.3) is 4.58 Å². The molecule has 1 rings (SSSR count). The van der Waals surface area contributed by atoms with Crippen LogP contribution in [-0.2, 0) is 14.3 Å². The van der Waals surface area contributed by atoms with E-state index in [-0.39, 0.29) is 17.7 Å². The lowest BCUT2D eigenvalue weighted by Crippen LogP contribution is -2.35. The van der Waals surface area contributed by atoms with Gasteiger partial charge in [-0.3, -0.25) is 0 Å². The molecule has 7 heteroatoms. The van der Waals surface area contributed by atoms with Crippen LogP contribution in [0.25, 0.3) is 0 Å². The number of hydrogen-bond donors (Lipinski definition) is 1. The van der Waals surface area contributed by atoms with E-state index >= 15 is 0 Å². The molecule has 0 radical (unpaired) electrons. The van der Waals surface area contributed by atoms with Crippen molar-refractivity contribution in [1.29, 1.82) is 0 Å². The summed E-state index contributed by atoms with van der Waals surface area (Å²) < 4.78 is 20.5. The number of aliphatic hydroxyl groups is 1. The Morgan fingerprint density at radius 1 is 1.40 bits per heavy atom. The fourth-order valence-electron chi connectivity index (χ4n) is 1.47. The van der Waals surface area contributed by atoms with Crippen molar-refractivity contribution in [2.75, 3.05) is 13.7 Å². The zero-order valence-electron chi connectivity index (χ0n) is 10.9. The predicted octanol–water partition coefficient (Wildman–Crippen LogP) is 2.13. The lowest BCUT2D eigenvalue weighted by atomic mass is 10.0. The highest BCUT2D eigenvalue weighted by Gasteiger charge is 2.45. The molecular formula is C13H14BrFO5. The molecule has 2 unspecified atom stereocenters. The first kappa shape index (κ1) is 16.6. The molecule has 20 heavy (non-hydrogen) atoms. The van der Waals surface area contributed by atoms with E-state index in [1.807, 2.05) is 0 Å². The molecule has 0 aliphatic heterocycles. The van der Waals surface area contributed by atoms with Gasteiger partial charge in [-0.05, 0) is 40.5 Å². The number of benzene rings is 1. The van der Waals surface area contributed by atoms with Gasteiger partial charge in [0.1, 0.15) is 6.10 Å². The highest BCUT2D eigenvalue weighted by molar-refractivity contribution is 9.10. The molecule has 0 heterocycles. The molecule has 0 aliphatic carbocycles. The Balaban J connectivity index is 2.94. The van der Waals surface area contributed by atoms with Gasteiger partial charge in [-0.2, -0.15) is 0 Å². The van der Waals surface area contributed by atoms with Crippen LogP contribution in [-0.4, -0.2) is 35.3 Å². The molecular weight excluding hydrogens is 335 g/mol. The zero-order chi connectivity index (χ0) is 15.3. The fourth-order valence-corrected chi connectivity index (χ4v) is 1.85. The number of rotatable bonds is 5. The normalized spacial score (nSPS) is 15.1. The Morgan fingerprint density at radius 3 is 2.40 bits per heavy atom. The fraction of sp³-hybridized carbons (Fsp3) is 0.385. The van der Waals surface area contributed by atoms with Gasteiger partial charge in [0.05, 0.1) is 19.3 Å². The number of carbonyl (C=O) groups is 2. The minimum atomic E-state index is -2.75. The number of carbonyl (C=O) groups excluding carboxylic acids is 2. The van der Waals surface area contributed by atoms with E-state index < -0.39 is 22.6 Å². The molecule has 0 saturated carbocycles. The van der Waals surface area contributed by atoms with Crippen molar-refractivity contribution in [3.05, 3.63) is 35.4 Å². The van der Waals surface area contributed by atoms with Gasteiger partial charge < -0.3 is 14.6 Å². The summed E-state index contributed by atoms with van der Waals surface area (Å²) in [7, 11) is 1.23. The minimum Gasteiger partial charge on any atom is -0.465 e. The molecule has 1 aromatic carbocycles. The smallest absolute Gasteiger partial charge is 0.358 e. The van der Waals surface area contributed by atoms with E-state index in [1.54, 1.807) is 0 Å². The Kier molecular flexibility index (Phi) is 5.64. The first-order valence-corrected chi connectivity index (χ1v) is 6.55. The monoisotopic (exact) mass is 348 g/mol. The number of aliphatic hydroxyl groups excluding tert-OH is 1. The lowest BCUT2D eigenvalue weighted by molar-refractivity contribution is -0.156. The molecule has 1 N–H and O–H groups in total. The number of methoxy groups -OCH3 is 1. The summed E-state index contributed by atoms with van der Waals surface area (Å²) in [5.74, 6) is -1.77. The maximum atomic E-state index is 14.2. The van der Waals surface area contributed by atoms with Crippen molar-refractivity contribution in [2.45, 2.75) is 17.6 Å². The van der Waals surface area contributed by atoms with Gasteiger partial charge in [0, 0.05) is 0 Å². The van der Waals surface area contributed by atoms with Gasteiger partial charge in [0.15, 0.2) is 0 Å². The lowest BCUT2D eigenvalue weighted by Gasteiger charge is -2.22. The van der Waals surface area contributed by atoms with Crippen molar-refractivity contribution in [3.63, 3.8) is 0 Å². The van der Waals surface area contributed by atoms with Crippen molar-refractivity contribution in [1.82, 2.24) is 0 Å². The van der Waals surface area contributed by atoms with Crippen molar-refractivity contribution >= 4 is 27.9 Å². The van der Waals surface area contributed by atoms with Crippen LogP contribution in [0.5, 0.6) is 0 Å². The Labute approximate surface area is 123 Å². The van der Waals surface area contributed by atoms with Crippen LogP contribution in [0.15, 0.2) is 24.3 Å². The van der Waals surface area contributed by atoms with Crippen LogP contribution >= 0.6 is 15.9 Å². The minimum absolute atomic E-state index is 0.00982. The zero-order valence-corrected chi connectivity index (χ0v) is 12.5. The second kappa shape index (κ2) is 6.81. The van der Waals surface area contributed by atoms with Crippen LogP contribution in [0.1, 0.15) is 28.9 Å². The second-order valence-electron chi connectivity index (χ2n) is 3.86. The van der Waals surface area contributed by atoms with Crippen LogP contribution < -0.4 is 0 Å². The molecule has 0 spiro atoms. The quantitative estimate of drug-likeness (QED) is 0.651. The third-order valence-electron chi connectivity index (χ3n) is 2.54. The highest BCUT2D eigenvalue weighted by Crippen LogP contribution is 2.36. The first-order chi connectivity index (χ1) is 9.34. The van der Waals surface area contributed by atoms with Gasteiger partial charge in [-0.25, -0.2) is 14.0 Å². The molecule has 1 aromatic rings. The van der Waals surface area contributed by atoms with E-state index in [0.29, 0.717) is 0 Å². The molecule has 2 atom stereocenters. The van der Waals surface area contributed by atoms with Crippen LogP contribution in [0.2, 0.25) is 0 Å². The number of hydrogen-bond acceptors (Lipinski definition) is 5. The SMILES string of the molecule is CCOC(=O)C(F)(Br)C(O)c1ccc(C(=O)OC)cc1. The van der Waals surface area contributed by atoms with E-state index in [9.17, 15) is 19.1 Å². The van der Waals surface area contributed by atoms with Gasteiger partial charge in [-0.1, -0.05) is 12.1 Å². The summed E-state index contributed by atoms with van der Waals surface area (Å²) >= 11 is 2.53. The third-order valence-corrected chi connectivity index (χ3v) is 3.30. The molecule has 0 bridgehead atoms. The summed E-state index contributed by atoms with van der Waals surface area (Å²) in [6, 6.07) is 5.37. The summed E-state index contributed by atoms with van der Waals surface area (Å²) in [4.78, 5) is 22.7. The average Bonchev–Trinajstić information content (AvgIpc) is 2.46. The second-order valence-corrected chi connectivity index (χ2v) is 5.01. The Bertz CT molecular complexity index is 486. The third kappa shape index (κ3) is 3.55. The predicted molar refractivity (Wildman–Crippen MR) is 72.1 cm³/mol. The molecule has 5 nitrogen and oxygen atoms in total. The summed E-state index contributed by atoms with van der Waals surface area (Å²) in [6.07, 6.45) is -1.77. The van der Waals surface area contributed by atoms with Crippen molar-refractivity contribution in [2.24, 2.45) is 0 Å². The molecule has 110 valence electrons. The molecule has 0 aliphatic rings. The van der Waals surface area contributed by atoms with Gasteiger partial charge in [0.2, 0.25) is 0 Å². The number of esters is 2. The number of alkyl halides is 2. The van der Waals surface area contributed by atoms with Crippen LogP contribution in [0.4, 0.5) is 4.39 Å². The largest absolute Gasteiger partial charge is 0.465 e. The Hall–Kier alpha value is -1.47. The van der Waals surface area contributed by atoms with E-state index in [0.717, 1.165) is 0 Å². The van der Waals surface area contributed by atoms with Gasteiger partial charge in [-0.15, -0.1) is 0 Å². The average molecular weight is 349 g/mol. The maximum absolute atomic E-state index is 14.2. The summed E-state index contributed by atoms with van der Waals surface area (Å²) in [5.41, 5.74) is 0.365. The van der Waals surface area contributed by atoms with Crippen LogP contribution in [0.3, 0.4) is 0 Å². The number of halogens is 2. The summed E-state index contributed by atoms with van der Waals surface area (Å²) in [5, 5.41) is 9.89. The summed E-state index contributed by atoms with van der Waals surface area (Å²) in [6.45, 7) is 1.52. The maximum Gasteiger partial charge on any atom is 0.358 e. The first-order valence-electron chi connectivity index (χ1n) is 5.76. The number of ether oxygens (including phenoxy) is 2. The standard InChI is InChI=1S/C13H14BrFO5/c1-3-20-12(18)13(14,15)10(16)8-4-6-9(7-5-8)11(17)19-2/h4-7,10,16H,3H2,1-2H3.